The van der Waals surface area contributed by atoms with Crippen LogP contribution >= 0.6 is 0 Å². The Morgan fingerprint density at radius 3 is 1.59 bits per heavy atom. The topological polar surface area (TPSA) is 8.17 Å². The van der Waals surface area contributed by atoms with Gasteiger partial charge >= 0.3 is 0 Å². The second-order valence-corrected chi connectivity index (χ2v) is 14.4. The van der Waals surface area contributed by atoms with Gasteiger partial charge in [0.2, 0.25) is 0 Å². The molecule has 0 N–H and O–H groups in total. The van der Waals surface area contributed by atoms with Crippen LogP contribution in [0.3, 0.4) is 0 Å². The van der Waals surface area contributed by atoms with Gasteiger partial charge in [0, 0.05) is 33.4 Å². The Morgan fingerprint density at radius 1 is 0.375 bits per heavy atom. The molecule has 2 heteroatoms. The third kappa shape index (κ3) is 6.12. The molecule has 266 valence electrons. The second-order valence-electron chi connectivity index (χ2n) is 14.4. The molecule has 0 fully saturated rings. The number of rotatable bonds is 8. The van der Waals surface area contributed by atoms with E-state index in [2.05, 4.69) is 228 Å². The first-order valence-corrected chi connectivity index (χ1v) is 19.5. The highest BCUT2D eigenvalue weighted by molar-refractivity contribution is 6.16. The normalized spacial score (nSPS) is 12.7. The summed E-state index contributed by atoms with van der Waals surface area (Å²) >= 11 is 0. The SMILES string of the molecule is C1=C(c2ccccc2)CCC(N(c2ccc(-c3ccc(-c4ccccc4)cc3)cc2)c2ccccc2-c2cccc3c2c2ccccc2n3-c2ccccc2)=C1. The summed E-state index contributed by atoms with van der Waals surface area (Å²) in [6, 6.07) is 74.6. The van der Waals surface area contributed by atoms with E-state index in [1.165, 1.54) is 77.7 Å². The van der Waals surface area contributed by atoms with Crippen LogP contribution in [-0.4, -0.2) is 4.57 Å². The molecule has 0 bridgehead atoms. The molecule has 1 aromatic heterocycles. The molecule has 1 aliphatic rings. The van der Waals surface area contributed by atoms with Gasteiger partial charge in [0.1, 0.15) is 0 Å². The average molecular weight is 717 g/mol. The van der Waals surface area contributed by atoms with E-state index in [1.54, 1.807) is 0 Å². The zero-order valence-electron chi connectivity index (χ0n) is 31.1. The van der Waals surface area contributed by atoms with Gasteiger partial charge in [-0.3, -0.25) is 0 Å². The van der Waals surface area contributed by atoms with E-state index in [0.717, 1.165) is 24.2 Å². The van der Waals surface area contributed by atoms with Crippen LogP contribution in [-0.2, 0) is 0 Å². The zero-order valence-corrected chi connectivity index (χ0v) is 31.1. The highest BCUT2D eigenvalue weighted by Crippen LogP contribution is 2.45. The van der Waals surface area contributed by atoms with Crippen molar-refractivity contribution >= 4 is 38.8 Å². The minimum absolute atomic E-state index is 0.926. The lowest BCUT2D eigenvalue weighted by Gasteiger charge is -2.32. The van der Waals surface area contributed by atoms with E-state index in [9.17, 15) is 0 Å². The Morgan fingerprint density at radius 2 is 0.911 bits per heavy atom. The van der Waals surface area contributed by atoms with Crippen LogP contribution < -0.4 is 4.90 Å². The summed E-state index contributed by atoms with van der Waals surface area (Å²) in [7, 11) is 0. The van der Waals surface area contributed by atoms with E-state index in [1.807, 2.05) is 0 Å². The zero-order chi connectivity index (χ0) is 37.3. The maximum atomic E-state index is 2.49. The van der Waals surface area contributed by atoms with E-state index in [-0.39, 0.29) is 0 Å². The van der Waals surface area contributed by atoms with Crippen molar-refractivity contribution in [3.63, 3.8) is 0 Å². The van der Waals surface area contributed by atoms with E-state index in [0.29, 0.717) is 0 Å². The van der Waals surface area contributed by atoms with Crippen molar-refractivity contribution in [2.24, 2.45) is 0 Å². The molecule has 0 saturated carbocycles. The van der Waals surface area contributed by atoms with Crippen molar-refractivity contribution in [2.45, 2.75) is 12.8 Å². The summed E-state index contributed by atoms with van der Waals surface area (Å²) in [6.07, 6.45) is 6.55. The highest BCUT2D eigenvalue weighted by Gasteiger charge is 2.23. The molecule has 0 unspecified atom stereocenters. The predicted molar refractivity (Wildman–Crippen MR) is 237 cm³/mol. The van der Waals surface area contributed by atoms with Gasteiger partial charge in [0.25, 0.3) is 0 Å². The van der Waals surface area contributed by atoms with Crippen molar-refractivity contribution < 1.29 is 0 Å². The minimum Gasteiger partial charge on any atom is -0.314 e. The number of benzene rings is 8. The Kier molecular flexibility index (Phi) is 8.70. The van der Waals surface area contributed by atoms with E-state index >= 15 is 0 Å². The Bertz CT molecular complexity index is 2860. The van der Waals surface area contributed by atoms with Gasteiger partial charge in [0.15, 0.2) is 0 Å². The van der Waals surface area contributed by atoms with Crippen LogP contribution in [0.4, 0.5) is 11.4 Å². The van der Waals surface area contributed by atoms with Gasteiger partial charge in [0.05, 0.1) is 16.7 Å². The van der Waals surface area contributed by atoms with Crippen LogP contribution in [0.2, 0.25) is 0 Å². The first-order valence-electron chi connectivity index (χ1n) is 19.5. The summed E-state index contributed by atoms with van der Waals surface area (Å²) in [5.41, 5.74) is 17.1. The summed E-state index contributed by atoms with van der Waals surface area (Å²) in [4.78, 5) is 2.49. The molecule has 0 aliphatic heterocycles. The molecular formula is C54H40N2. The first kappa shape index (κ1) is 33.4. The van der Waals surface area contributed by atoms with Crippen LogP contribution in [0.15, 0.2) is 224 Å². The van der Waals surface area contributed by atoms with Crippen LogP contribution in [0, 0.1) is 0 Å². The molecule has 8 aromatic carbocycles. The molecule has 0 saturated heterocycles. The van der Waals surface area contributed by atoms with Crippen LogP contribution in [0.1, 0.15) is 18.4 Å². The van der Waals surface area contributed by atoms with E-state index in [4.69, 9.17) is 0 Å². The lowest BCUT2D eigenvalue weighted by atomic mass is 9.93. The maximum Gasteiger partial charge on any atom is 0.0547 e. The fourth-order valence-corrected chi connectivity index (χ4v) is 8.45. The smallest absolute Gasteiger partial charge is 0.0547 e. The number of fused-ring (bicyclic) bond motifs is 3. The molecule has 0 atom stereocenters. The molecule has 1 aliphatic carbocycles. The van der Waals surface area contributed by atoms with Gasteiger partial charge in [-0.05, 0) is 100 Å². The van der Waals surface area contributed by atoms with Crippen molar-refractivity contribution in [1.82, 2.24) is 4.57 Å². The number of para-hydroxylation sites is 3. The summed E-state index contributed by atoms with van der Waals surface area (Å²) in [6.45, 7) is 0. The average Bonchev–Trinajstić information content (AvgIpc) is 3.63. The van der Waals surface area contributed by atoms with Crippen LogP contribution in [0.25, 0.3) is 66.4 Å². The second kappa shape index (κ2) is 14.6. The van der Waals surface area contributed by atoms with Crippen molar-refractivity contribution in [1.29, 1.82) is 0 Å². The number of nitrogens with zero attached hydrogens (tertiary/aromatic N) is 2. The summed E-state index contributed by atoms with van der Waals surface area (Å²) in [5.74, 6) is 0. The monoisotopic (exact) mass is 716 g/mol. The van der Waals surface area contributed by atoms with Gasteiger partial charge in [-0.1, -0.05) is 170 Å². The summed E-state index contributed by atoms with van der Waals surface area (Å²) in [5, 5.41) is 2.51. The number of allylic oxidation sites excluding steroid dienone is 4. The first-order chi connectivity index (χ1) is 27.8. The Balaban J connectivity index is 1.11. The van der Waals surface area contributed by atoms with Crippen molar-refractivity contribution in [3.05, 3.63) is 230 Å². The third-order valence-electron chi connectivity index (χ3n) is 11.2. The van der Waals surface area contributed by atoms with Gasteiger partial charge < -0.3 is 9.47 Å². The molecule has 9 aromatic rings. The van der Waals surface area contributed by atoms with E-state index < -0.39 is 0 Å². The van der Waals surface area contributed by atoms with Crippen molar-refractivity contribution in [2.75, 3.05) is 4.90 Å². The molecular weight excluding hydrogens is 677 g/mol. The predicted octanol–water partition coefficient (Wildman–Crippen LogP) is 14.7. The standard InChI is InChI=1S/C54H40N2/c1-4-15-39(16-5-1)41-27-29-42(30-28-41)44-33-37-47(38-34-44)55(46-35-31-43(32-36-46)40-17-6-2-7-18-40)51-24-12-10-21-48(51)49-23-14-26-53-54(49)50-22-11-13-25-52(50)56(53)45-19-8-3-9-20-45/h1-31,33-35,37-38H,32,36H2. The van der Waals surface area contributed by atoms with Crippen molar-refractivity contribution in [3.8, 4) is 39.1 Å². The molecule has 56 heavy (non-hydrogen) atoms. The van der Waals surface area contributed by atoms with Gasteiger partial charge in [-0.15, -0.1) is 0 Å². The largest absolute Gasteiger partial charge is 0.314 e. The molecule has 10 rings (SSSR count). The quantitative estimate of drug-likeness (QED) is 0.152. The molecule has 2 nitrogen and oxygen atoms in total. The number of hydrogen-bond acceptors (Lipinski definition) is 1. The number of anilines is 2. The molecule has 0 amide bonds. The molecule has 1 heterocycles. The van der Waals surface area contributed by atoms with Gasteiger partial charge in [-0.25, -0.2) is 0 Å². The highest BCUT2D eigenvalue weighted by atomic mass is 15.2. The Labute approximate surface area is 328 Å². The maximum absolute atomic E-state index is 2.49. The fourth-order valence-electron chi connectivity index (χ4n) is 8.45. The lowest BCUT2D eigenvalue weighted by Crippen LogP contribution is -2.18. The minimum atomic E-state index is 0.926. The van der Waals surface area contributed by atoms with Crippen LogP contribution in [0.5, 0.6) is 0 Å². The van der Waals surface area contributed by atoms with Gasteiger partial charge in [-0.2, -0.15) is 0 Å². The Hall–Kier alpha value is -7.16. The summed E-state index contributed by atoms with van der Waals surface area (Å²) < 4.78 is 2.40. The fraction of sp³-hybridized carbons (Fsp3) is 0.0370. The molecule has 0 radical (unpaired) electrons. The number of hydrogen-bond donors (Lipinski definition) is 0. The third-order valence-corrected chi connectivity index (χ3v) is 11.2. The molecule has 0 spiro atoms. The number of aromatic nitrogens is 1. The lowest BCUT2D eigenvalue weighted by molar-refractivity contribution is 0.930.